The molecule has 0 N–H and O–H groups in total. The molecule has 1 fully saturated rings. The van der Waals surface area contributed by atoms with E-state index < -0.39 is 0 Å². The molecule has 0 saturated heterocycles. The average molecular weight is 180 g/mol. The smallest absolute Gasteiger partial charge is 0.311 e. The van der Waals surface area contributed by atoms with Gasteiger partial charge in [-0.2, -0.15) is 0 Å². The van der Waals surface area contributed by atoms with Crippen LogP contribution in [0.1, 0.15) is 13.8 Å². The lowest BCUT2D eigenvalue weighted by atomic mass is 10.1. The summed E-state index contributed by atoms with van der Waals surface area (Å²) in [5.41, 5.74) is -0.257. The lowest BCUT2D eigenvalue weighted by Gasteiger charge is -2.01. The first-order valence-corrected chi connectivity index (χ1v) is 4.11. The summed E-state index contributed by atoms with van der Waals surface area (Å²) in [6.45, 7) is 3.72. The number of carbonyl (C=O) groups is 2. The summed E-state index contributed by atoms with van der Waals surface area (Å²) in [4.78, 5) is 21.8. The Kier molecular flexibility index (Phi) is 2.42. The Labute approximate surface area is 77.5 Å². The summed E-state index contributed by atoms with van der Waals surface area (Å²) >= 11 is 0. The third kappa shape index (κ3) is 1.57. The second-order valence-corrected chi connectivity index (χ2v) is 3.77. The molecule has 0 bridgehead atoms. The molecule has 0 spiro atoms. The van der Waals surface area contributed by atoms with Gasteiger partial charge in [0.05, 0.1) is 5.92 Å². The molecule has 2 unspecified atom stereocenters. The molecule has 0 heterocycles. The van der Waals surface area contributed by atoms with Gasteiger partial charge in [-0.1, -0.05) is 19.8 Å². The fourth-order valence-electron chi connectivity index (χ4n) is 1.58. The zero-order chi connectivity index (χ0) is 10.1. The first-order chi connectivity index (χ1) is 6.05. The van der Waals surface area contributed by atoms with Gasteiger partial charge in [0.25, 0.3) is 0 Å². The number of ether oxygens (including phenoxy) is 1. The standard InChI is InChI=1S/C10H12O3/c1-4-5-13-9(12)8-7(6-11)10(8,2)3/h1,6-8H,5H2,2-3H3. The number of terminal acetylenes is 1. The SMILES string of the molecule is C#CCOC(=O)C1C(C=O)C1(C)C. The van der Waals surface area contributed by atoms with E-state index in [1.54, 1.807) is 0 Å². The second kappa shape index (κ2) is 3.21. The highest BCUT2D eigenvalue weighted by molar-refractivity contribution is 5.84. The first kappa shape index (κ1) is 9.79. The van der Waals surface area contributed by atoms with Crippen LogP contribution in [0.4, 0.5) is 0 Å². The van der Waals surface area contributed by atoms with E-state index in [4.69, 9.17) is 11.2 Å². The summed E-state index contributed by atoms with van der Waals surface area (Å²) in [5.74, 6) is 1.33. The van der Waals surface area contributed by atoms with Crippen LogP contribution in [-0.4, -0.2) is 18.9 Å². The van der Waals surface area contributed by atoms with Crippen molar-refractivity contribution in [3.05, 3.63) is 0 Å². The maximum absolute atomic E-state index is 11.3. The monoisotopic (exact) mass is 180 g/mol. The van der Waals surface area contributed by atoms with Crippen LogP contribution < -0.4 is 0 Å². The van der Waals surface area contributed by atoms with Crippen molar-refractivity contribution < 1.29 is 14.3 Å². The van der Waals surface area contributed by atoms with Crippen LogP contribution in [0.15, 0.2) is 0 Å². The highest BCUT2D eigenvalue weighted by Gasteiger charge is 2.62. The van der Waals surface area contributed by atoms with Gasteiger partial charge in [0, 0.05) is 5.92 Å². The Morgan fingerprint density at radius 2 is 2.31 bits per heavy atom. The van der Waals surface area contributed by atoms with Crippen molar-refractivity contribution in [1.82, 2.24) is 0 Å². The number of hydrogen-bond acceptors (Lipinski definition) is 3. The number of aldehydes is 1. The minimum absolute atomic E-state index is 0.0169. The molecule has 1 aliphatic carbocycles. The molecular formula is C10H12O3. The Balaban J connectivity index is 2.52. The number of rotatable bonds is 3. The Hall–Kier alpha value is -1.30. The van der Waals surface area contributed by atoms with Gasteiger partial charge in [-0.05, 0) is 5.41 Å². The van der Waals surface area contributed by atoms with Crippen molar-refractivity contribution >= 4 is 12.3 Å². The third-order valence-corrected chi connectivity index (χ3v) is 2.61. The van der Waals surface area contributed by atoms with Crippen LogP contribution in [0.2, 0.25) is 0 Å². The van der Waals surface area contributed by atoms with Crippen molar-refractivity contribution in [3.63, 3.8) is 0 Å². The first-order valence-electron chi connectivity index (χ1n) is 4.11. The van der Waals surface area contributed by atoms with E-state index in [1.165, 1.54) is 0 Å². The number of carbonyl (C=O) groups excluding carboxylic acids is 2. The van der Waals surface area contributed by atoms with Gasteiger partial charge in [-0.25, -0.2) is 0 Å². The van der Waals surface area contributed by atoms with Crippen molar-refractivity contribution in [1.29, 1.82) is 0 Å². The van der Waals surface area contributed by atoms with Gasteiger partial charge in [0.15, 0.2) is 6.61 Å². The lowest BCUT2D eigenvalue weighted by molar-refractivity contribution is -0.145. The summed E-state index contributed by atoms with van der Waals surface area (Å²) in [6, 6.07) is 0. The highest BCUT2D eigenvalue weighted by atomic mass is 16.5. The molecule has 0 aromatic rings. The molecule has 1 aliphatic rings. The third-order valence-electron chi connectivity index (χ3n) is 2.61. The van der Waals surface area contributed by atoms with Gasteiger partial charge >= 0.3 is 5.97 Å². The molecule has 2 atom stereocenters. The summed E-state index contributed by atoms with van der Waals surface area (Å²) in [7, 11) is 0. The van der Waals surface area contributed by atoms with Crippen LogP contribution in [0.3, 0.4) is 0 Å². The van der Waals surface area contributed by atoms with Crippen molar-refractivity contribution in [2.24, 2.45) is 17.3 Å². The Morgan fingerprint density at radius 1 is 1.69 bits per heavy atom. The van der Waals surface area contributed by atoms with E-state index in [9.17, 15) is 9.59 Å². The van der Waals surface area contributed by atoms with Crippen LogP contribution in [0.5, 0.6) is 0 Å². The van der Waals surface area contributed by atoms with Gasteiger partial charge < -0.3 is 9.53 Å². The van der Waals surface area contributed by atoms with Crippen LogP contribution >= 0.6 is 0 Å². The summed E-state index contributed by atoms with van der Waals surface area (Å²) in [5, 5.41) is 0. The second-order valence-electron chi connectivity index (χ2n) is 3.77. The summed E-state index contributed by atoms with van der Waals surface area (Å²) in [6.07, 6.45) is 5.74. The van der Waals surface area contributed by atoms with Gasteiger partial charge in [-0.15, -0.1) is 6.42 Å². The fraction of sp³-hybridized carbons (Fsp3) is 0.600. The molecule has 0 aromatic carbocycles. The topological polar surface area (TPSA) is 43.4 Å². The predicted octanol–water partition coefficient (Wildman–Crippen LogP) is 0.634. The maximum atomic E-state index is 11.3. The molecule has 3 heteroatoms. The van der Waals surface area contributed by atoms with E-state index in [0.29, 0.717) is 0 Å². The van der Waals surface area contributed by atoms with Crippen LogP contribution in [-0.2, 0) is 14.3 Å². The molecule has 13 heavy (non-hydrogen) atoms. The fourth-order valence-corrected chi connectivity index (χ4v) is 1.58. The zero-order valence-corrected chi connectivity index (χ0v) is 7.74. The van der Waals surface area contributed by atoms with Crippen molar-refractivity contribution in [2.45, 2.75) is 13.8 Å². The van der Waals surface area contributed by atoms with E-state index >= 15 is 0 Å². The molecule has 0 radical (unpaired) electrons. The summed E-state index contributed by atoms with van der Waals surface area (Å²) < 4.78 is 4.75. The minimum Gasteiger partial charge on any atom is -0.452 e. The molecule has 0 aliphatic heterocycles. The largest absolute Gasteiger partial charge is 0.452 e. The van der Waals surface area contributed by atoms with Crippen LogP contribution in [0, 0.1) is 29.6 Å². The zero-order valence-electron chi connectivity index (χ0n) is 7.74. The average Bonchev–Trinajstić information content (AvgIpc) is 2.63. The molecule has 70 valence electrons. The van der Waals surface area contributed by atoms with Crippen LogP contribution in [0.25, 0.3) is 0 Å². The Bertz CT molecular complexity index is 272. The van der Waals surface area contributed by atoms with Crippen molar-refractivity contribution in [3.8, 4) is 12.3 Å². The maximum Gasteiger partial charge on any atom is 0.311 e. The molecule has 0 aromatic heterocycles. The van der Waals surface area contributed by atoms with E-state index in [-0.39, 0.29) is 29.8 Å². The lowest BCUT2D eigenvalue weighted by Crippen LogP contribution is -2.10. The van der Waals surface area contributed by atoms with Gasteiger partial charge in [-0.3, -0.25) is 4.79 Å². The molecule has 0 amide bonds. The molecular weight excluding hydrogens is 168 g/mol. The number of esters is 1. The Morgan fingerprint density at radius 3 is 2.69 bits per heavy atom. The van der Waals surface area contributed by atoms with Gasteiger partial charge in [0.2, 0.25) is 0 Å². The molecule has 3 nitrogen and oxygen atoms in total. The van der Waals surface area contributed by atoms with E-state index in [1.807, 2.05) is 13.8 Å². The normalized spacial score (nSPS) is 28.7. The number of hydrogen-bond donors (Lipinski definition) is 0. The van der Waals surface area contributed by atoms with Gasteiger partial charge in [0.1, 0.15) is 6.29 Å². The molecule has 1 rings (SSSR count). The van der Waals surface area contributed by atoms with E-state index in [2.05, 4.69) is 5.92 Å². The highest BCUT2D eigenvalue weighted by Crippen LogP contribution is 2.57. The molecule has 1 saturated carbocycles. The minimum atomic E-state index is -0.361. The van der Waals surface area contributed by atoms with Crippen molar-refractivity contribution in [2.75, 3.05) is 6.61 Å². The quantitative estimate of drug-likeness (QED) is 0.363. The van der Waals surface area contributed by atoms with E-state index in [0.717, 1.165) is 6.29 Å². The predicted molar refractivity (Wildman–Crippen MR) is 46.6 cm³/mol.